The van der Waals surface area contributed by atoms with Crippen molar-refractivity contribution in [3.05, 3.63) is 30.3 Å². The van der Waals surface area contributed by atoms with Crippen molar-refractivity contribution in [1.82, 2.24) is 0 Å². The first kappa shape index (κ1) is 57.8. The molecule has 0 aliphatic carbocycles. The minimum absolute atomic E-state index is 0. The molecule has 51 heavy (non-hydrogen) atoms. The van der Waals surface area contributed by atoms with Crippen molar-refractivity contribution in [2.45, 2.75) is 265 Å². The molecule has 300 valence electrons. The Morgan fingerprint density at radius 3 is 0.627 bits per heavy atom. The molecule has 1 aromatic rings. The molecule has 0 aromatic heterocycles. The quantitative estimate of drug-likeness (QED) is 0.0442. The van der Waals surface area contributed by atoms with E-state index in [0.717, 1.165) is 0 Å². The van der Waals surface area contributed by atoms with Gasteiger partial charge < -0.3 is 0 Å². The Hall–Kier alpha value is 0.130. The van der Waals surface area contributed by atoms with Crippen molar-refractivity contribution in [3.63, 3.8) is 0 Å². The van der Waals surface area contributed by atoms with E-state index in [2.05, 4.69) is 27.7 Å². The van der Waals surface area contributed by atoms with Crippen LogP contribution < -0.4 is 29.6 Å². The Labute approximate surface area is 345 Å². The summed E-state index contributed by atoms with van der Waals surface area (Å²) in [4.78, 5) is -0.0741. The molecule has 0 atom stereocenters. The first-order valence-electron chi connectivity index (χ1n) is 22.5. The number of hydrogen-bond donors (Lipinski definition) is 1. The normalized spacial score (nSPS) is 10.6. The summed E-state index contributed by atoms with van der Waals surface area (Å²) in [5.74, 6) is 0. The van der Waals surface area contributed by atoms with Gasteiger partial charge in [-0.25, -0.2) is 0 Å². The summed E-state index contributed by atoms with van der Waals surface area (Å²) in [6, 6.07) is 7.42. The van der Waals surface area contributed by atoms with E-state index in [1.807, 2.05) is 13.8 Å². The van der Waals surface area contributed by atoms with Crippen molar-refractivity contribution in [3.8, 4) is 0 Å². The molecule has 1 N–H and O–H groups in total. The molecular formula is C46H92NaO3S+. The fraction of sp³-hybridized carbons (Fsp3) is 0.870. The second kappa shape index (κ2) is 52.2. The van der Waals surface area contributed by atoms with Gasteiger partial charge in [0.15, 0.2) is 0 Å². The Morgan fingerprint density at radius 2 is 0.510 bits per heavy atom. The van der Waals surface area contributed by atoms with E-state index >= 15 is 0 Å². The minimum Gasteiger partial charge on any atom is -0.282 e. The molecule has 0 amide bonds. The molecule has 0 aliphatic rings. The van der Waals surface area contributed by atoms with Gasteiger partial charge in [0.1, 0.15) is 0 Å². The Morgan fingerprint density at radius 1 is 0.353 bits per heavy atom. The van der Waals surface area contributed by atoms with Gasteiger partial charge in [0.25, 0.3) is 10.1 Å². The Balaban J connectivity index is -0.000000326. The maximum absolute atomic E-state index is 10.4. The fourth-order valence-corrected chi connectivity index (χ4v) is 6.69. The first-order chi connectivity index (χ1) is 24.4. The molecule has 0 fully saturated rings. The molecule has 0 unspecified atom stereocenters. The standard InChI is InChI=1S/2C19H40.C6H6O3S.C2H6.Na/c2*1-3-5-7-9-11-13-15-17-19-18-16-14-12-10-8-6-4-2;7-10(8,9)6-4-2-1-3-5-6;1-2;/h2*3-19H2,1-2H3;1-5H,(H,7,8,9);1-2H3;/q;;;;+1. The average molecular weight is 748 g/mol. The van der Waals surface area contributed by atoms with E-state index in [1.165, 1.54) is 230 Å². The van der Waals surface area contributed by atoms with E-state index in [0.29, 0.717) is 0 Å². The Kier molecular flexibility index (Phi) is 59.2. The van der Waals surface area contributed by atoms with E-state index in [1.54, 1.807) is 18.2 Å². The van der Waals surface area contributed by atoms with Crippen LogP contribution in [0.4, 0.5) is 0 Å². The van der Waals surface area contributed by atoms with Gasteiger partial charge in [-0.1, -0.05) is 278 Å². The molecule has 0 saturated carbocycles. The van der Waals surface area contributed by atoms with Crippen LogP contribution in [0.2, 0.25) is 0 Å². The number of unbranched alkanes of at least 4 members (excludes halogenated alkanes) is 32. The molecule has 3 nitrogen and oxygen atoms in total. The van der Waals surface area contributed by atoms with Crippen LogP contribution in [0.15, 0.2) is 35.2 Å². The van der Waals surface area contributed by atoms with Gasteiger partial charge in [-0.05, 0) is 12.1 Å². The summed E-state index contributed by atoms with van der Waals surface area (Å²) in [5, 5.41) is 0. The third kappa shape index (κ3) is 54.6. The third-order valence-corrected chi connectivity index (χ3v) is 10.3. The largest absolute Gasteiger partial charge is 1.00 e. The van der Waals surface area contributed by atoms with Crippen molar-refractivity contribution in [2.75, 3.05) is 0 Å². The zero-order valence-corrected chi connectivity index (χ0v) is 38.9. The van der Waals surface area contributed by atoms with Gasteiger partial charge >= 0.3 is 29.6 Å². The second-order valence-corrected chi connectivity index (χ2v) is 15.8. The summed E-state index contributed by atoms with van der Waals surface area (Å²) in [7, 11) is -4.00. The van der Waals surface area contributed by atoms with Crippen LogP contribution in [0.25, 0.3) is 0 Å². The van der Waals surface area contributed by atoms with Crippen molar-refractivity contribution in [1.29, 1.82) is 0 Å². The smallest absolute Gasteiger partial charge is 0.282 e. The molecule has 0 saturated heterocycles. The predicted molar refractivity (Wildman–Crippen MR) is 227 cm³/mol. The van der Waals surface area contributed by atoms with Gasteiger partial charge in [0.2, 0.25) is 0 Å². The van der Waals surface area contributed by atoms with E-state index in [9.17, 15) is 8.42 Å². The van der Waals surface area contributed by atoms with Gasteiger partial charge in [-0.2, -0.15) is 8.42 Å². The van der Waals surface area contributed by atoms with Gasteiger partial charge in [-0.3, -0.25) is 4.55 Å². The molecule has 0 aliphatic heterocycles. The molecule has 0 spiro atoms. The SMILES string of the molecule is CC.CCCCCCCCCCCCCCCCCCC.CCCCCCCCCCCCCCCCCCC.O=S(=O)(O)c1ccccc1.[Na+]. The van der Waals surface area contributed by atoms with Crippen LogP contribution in [0.5, 0.6) is 0 Å². The molecule has 1 rings (SSSR count). The topological polar surface area (TPSA) is 54.4 Å². The van der Waals surface area contributed by atoms with Crippen LogP contribution >= 0.6 is 0 Å². The van der Waals surface area contributed by atoms with E-state index < -0.39 is 10.1 Å². The van der Waals surface area contributed by atoms with Gasteiger partial charge in [0, 0.05) is 0 Å². The summed E-state index contributed by atoms with van der Waals surface area (Å²) in [6.07, 6.45) is 49.8. The van der Waals surface area contributed by atoms with E-state index in [-0.39, 0.29) is 34.5 Å². The average Bonchev–Trinajstić information content (AvgIpc) is 3.13. The molecule has 0 radical (unpaired) electrons. The molecular weight excluding hydrogens is 656 g/mol. The first-order valence-corrected chi connectivity index (χ1v) is 23.9. The molecule has 5 heteroatoms. The maximum atomic E-state index is 10.4. The maximum Gasteiger partial charge on any atom is 1.00 e. The van der Waals surface area contributed by atoms with Crippen LogP contribution in [0.3, 0.4) is 0 Å². The zero-order chi connectivity index (χ0) is 37.7. The van der Waals surface area contributed by atoms with Crippen LogP contribution in [0.1, 0.15) is 260 Å². The minimum atomic E-state index is -4.00. The van der Waals surface area contributed by atoms with Crippen molar-refractivity contribution < 1.29 is 42.5 Å². The monoisotopic (exact) mass is 748 g/mol. The Bertz CT molecular complexity index is 734. The zero-order valence-electron chi connectivity index (χ0n) is 36.1. The van der Waals surface area contributed by atoms with Crippen LogP contribution in [0, 0.1) is 0 Å². The third-order valence-electron chi connectivity index (χ3n) is 9.46. The number of hydrogen-bond acceptors (Lipinski definition) is 2. The molecule has 0 bridgehead atoms. The van der Waals surface area contributed by atoms with Crippen molar-refractivity contribution >= 4 is 10.1 Å². The summed E-state index contributed by atoms with van der Waals surface area (Å²) >= 11 is 0. The second-order valence-electron chi connectivity index (χ2n) is 14.4. The van der Waals surface area contributed by atoms with Gasteiger partial charge in [-0.15, -0.1) is 0 Å². The molecule has 0 heterocycles. The predicted octanol–water partition coefficient (Wildman–Crippen LogP) is 14.3. The van der Waals surface area contributed by atoms with Crippen LogP contribution in [-0.4, -0.2) is 13.0 Å². The van der Waals surface area contributed by atoms with Crippen LogP contribution in [-0.2, 0) is 10.1 Å². The summed E-state index contributed by atoms with van der Waals surface area (Å²) in [6.45, 7) is 13.2. The van der Waals surface area contributed by atoms with E-state index in [4.69, 9.17) is 4.55 Å². The number of benzene rings is 1. The van der Waals surface area contributed by atoms with Gasteiger partial charge in [0.05, 0.1) is 4.90 Å². The van der Waals surface area contributed by atoms with Crippen molar-refractivity contribution in [2.24, 2.45) is 0 Å². The molecule has 1 aromatic carbocycles. The fourth-order valence-electron chi connectivity index (χ4n) is 6.19. The summed E-state index contributed by atoms with van der Waals surface area (Å²) < 4.78 is 29.2. The summed E-state index contributed by atoms with van der Waals surface area (Å²) in [5.41, 5.74) is 0. The number of rotatable bonds is 33.